The number of para-hydroxylation sites is 1. The Morgan fingerprint density at radius 3 is 2.34 bits per heavy atom. The number of carbonyl (C=O) groups is 3. The summed E-state index contributed by atoms with van der Waals surface area (Å²) in [4.78, 5) is 40.9. The summed E-state index contributed by atoms with van der Waals surface area (Å²) < 4.78 is 16.4. The third-order valence-corrected chi connectivity index (χ3v) is 6.69. The number of hydrogen-bond acceptors (Lipinski definition) is 6. The quantitative estimate of drug-likeness (QED) is 0.676. The van der Waals surface area contributed by atoms with Crippen molar-refractivity contribution < 1.29 is 28.3 Å². The third-order valence-electron chi connectivity index (χ3n) is 6.69. The molecule has 1 spiro atoms. The second kappa shape index (κ2) is 8.15. The van der Waals surface area contributed by atoms with Crippen LogP contribution in [0.15, 0.2) is 28.7 Å². The zero-order valence-electron chi connectivity index (χ0n) is 19.1. The highest BCUT2D eigenvalue weighted by Gasteiger charge is 2.46. The van der Waals surface area contributed by atoms with E-state index in [2.05, 4.69) is 0 Å². The van der Waals surface area contributed by atoms with Crippen molar-refractivity contribution in [1.82, 2.24) is 9.80 Å². The van der Waals surface area contributed by atoms with Gasteiger partial charge in [-0.2, -0.15) is 0 Å². The van der Waals surface area contributed by atoms with Crippen molar-refractivity contribution in [3.8, 4) is 5.75 Å². The summed E-state index contributed by atoms with van der Waals surface area (Å²) in [5.41, 5.74) is -0.598. The molecule has 0 N–H and O–H groups in total. The van der Waals surface area contributed by atoms with Gasteiger partial charge in [0.25, 0.3) is 11.8 Å². The molecule has 2 aliphatic rings. The maximum Gasteiger partial charge on any atom is 0.303 e. The fourth-order valence-electron chi connectivity index (χ4n) is 4.94. The summed E-state index contributed by atoms with van der Waals surface area (Å²) in [6.45, 7) is 7.06. The van der Waals surface area contributed by atoms with Crippen molar-refractivity contribution >= 4 is 28.8 Å². The molecule has 0 bridgehead atoms. The normalized spacial score (nSPS) is 18.2. The first-order valence-electron chi connectivity index (χ1n) is 11.0. The zero-order valence-corrected chi connectivity index (χ0v) is 19.1. The molecule has 8 nitrogen and oxygen atoms in total. The molecule has 8 heteroatoms. The average Bonchev–Trinajstić information content (AvgIpc) is 3.37. The number of ether oxygens (including phenoxy) is 2. The monoisotopic (exact) mass is 442 g/mol. The number of furan rings is 1. The Balaban J connectivity index is 1.40. The molecule has 1 aromatic carbocycles. The van der Waals surface area contributed by atoms with Crippen LogP contribution in [0.5, 0.6) is 5.75 Å². The van der Waals surface area contributed by atoms with Gasteiger partial charge in [-0.1, -0.05) is 12.1 Å². The molecule has 1 aromatic heterocycles. The Kier molecular flexibility index (Phi) is 5.65. The standard InChI is InChI=1S/C24H30N2O6/c1-16(27)32-23(2,3)22(29)26-13-10-24(15-26)8-11-25(12-9-24)21(28)19-14-17-6-5-7-18(30-4)20(17)31-19/h5-7,14H,8-13,15H2,1-4H3. The summed E-state index contributed by atoms with van der Waals surface area (Å²) >= 11 is 0. The highest BCUT2D eigenvalue weighted by Crippen LogP contribution is 2.41. The molecule has 0 radical (unpaired) electrons. The van der Waals surface area contributed by atoms with Gasteiger partial charge >= 0.3 is 5.97 Å². The van der Waals surface area contributed by atoms with Crippen LogP contribution >= 0.6 is 0 Å². The minimum absolute atomic E-state index is 0.00413. The molecular formula is C24H30N2O6. The van der Waals surface area contributed by atoms with Crippen LogP contribution < -0.4 is 4.74 Å². The lowest BCUT2D eigenvalue weighted by atomic mass is 9.77. The number of carbonyl (C=O) groups excluding carboxylic acids is 3. The molecule has 4 rings (SSSR count). The van der Waals surface area contributed by atoms with Gasteiger partial charge in [-0.05, 0) is 50.7 Å². The minimum Gasteiger partial charge on any atom is -0.493 e. The Bertz CT molecular complexity index is 1050. The molecule has 172 valence electrons. The number of benzene rings is 1. The molecule has 2 amide bonds. The van der Waals surface area contributed by atoms with Gasteiger partial charge in [0.1, 0.15) is 0 Å². The van der Waals surface area contributed by atoms with Crippen LogP contribution in [0.3, 0.4) is 0 Å². The van der Waals surface area contributed by atoms with E-state index < -0.39 is 11.6 Å². The van der Waals surface area contributed by atoms with Gasteiger partial charge in [0.2, 0.25) is 0 Å². The number of methoxy groups -OCH3 is 1. The highest BCUT2D eigenvalue weighted by atomic mass is 16.6. The Morgan fingerprint density at radius 1 is 1.06 bits per heavy atom. The van der Waals surface area contributed by atoms with Crippen LogP contribution in [0.25, 0.3) is 11.0 Å². The van der Waals surface area contributed by atoms with Crippen molar-refractivity contribution in [2.45, 2.75) is 45.6 Å². The van der Waals surface area contributed by atoms with Crippen LogP contribution in [-0.2, 0) is 14.3 Å². The number of esters is 1. The van der Waals surface area contributed by atoms with Crippen molar-refractivity contribution in [3.63, 3.8) is 0 Å². The van der Waals surface area contributed by atoms with Gasteiger partial charge in [-0.15, -0.1) is 0 Å². The second-order valence-corrected chi connectivity index (χ2v) is 9.36. The first kappa shape index (κ1) is 22.2. The van der Waals surface area contributed by atoms with E-state index in [1.807, 2.05) is 17.0 Å². The van der Waals surface area contributed by atoms with Gasteiger partial charge in [0.15, 0.2) is 22.7 Å². The molecule has 2 aromatic rings. The van der Waals surface area contributed by atoms with Crippen molar-refractivity contribution in [1.29, 1.82) is 0 Å². The molecule has 2 fully saturated rings. The largest absolute Gasteiger partial charge is 0.493 e. The third kappa shape index (κ3) is 4.06. The van der Waals surface area contributed by atoms with E-state index >= 15 is 0 Å². The van der Waals surface area contributed by atoms with Crippen LogP contribution in [0.2, 0.25) is 0 Å². The molecule has 0 unspecified atom stereocenters. The van der Waals surface area contributed by atoms with E-state index in [4.69, 9.17) is 13.9 Å². The molecule has 2 aliphatic heterocycles. The summed E-state index contributed by atoms with van der Waals surface area (Å²) in [6, 6.07) is 7.33. The Labute approximate surface area is 187 Å². The summed E-state index contributed by atoms with van der Waals surface area (Å²) in [6.07, 6.45) is 2.53. The minimum atomic E-state index is -1.17. The van der Waals surface area contributed by atoms with Crippen molar-refractivity contribution in [3.05, 3.63) is 30.0 Å². The predicted octanol–water partition coefficient (Wildman–Crippen LogP) is 3.24. The highest BCUT2D eigenvalue weighted by molar-refractivity contribution is 5.97. The van der Waals surface area contributed by atoms with E-state index in [1.54, 1.807) is 38.0 Å². The number of fused-ring (bicyclic) bond motifs is 1. The number of rotatable bonds is 4. The van der Waals surface area contributed by atoms with Crippen LogP contribution in [0.1, 0.15) is 50.6 Å². The van der Waals surface area contributed by atoms with Crippen molar-refractivity contribution in [2.75, 3.05) is 33.3 Å². The number of piperidine rings is 1. The number of hydrogen-bond donors (Lipinski definition) is 0. The van der Waals surface area contributed by atoms with Gasteiger partial charge in [-0.25, -0.2) is 0 Å². The maximum atomic E-state index is 13.1. The van der Waals surface area contributed by atoms with Crippen LogP contribution in [-0.4, -0.2) is 66.5 Å². The topological polar surface area (TPSA) is 89.3 Å². The molecule has 3 heterocycles. The zero-order chi connectivity index (χ0) is 23.1. The summed E-state index contributed by atoms with van der Waals surface area (Å²) in [7, 11) is 1.58. The fraction of sp³-hybridized carbons (Fsp3) is 0.542. The van der Waals surface area contributed by atoms with Gasteiger partial charge in [-0.3, -0.25) is 14.4 Å². The SMILES string of the molecule is COc1cccc2cc(C(=O)N3CCC4(CC3)CCN(C(=O)C(C)(C)OC(C)=O)C4)oc12. The fourth-order valence-corrected chi connectivity index (χ4v) is 4.94. The van der Waals surface area contributed by atoms with E-state index in [0.29, 0.717) is 43.3 Å². The molecule has 0 saturated carbocycles. The van der Waals surface area contributed by atoms with Crippen LogP contribution in [0.4, 0.5) is 0 Å². The number of nitrogens with zero attached hydrogens (tertiary/aromatic N) is 2. The van der Waals surface area contributed by atoms with Gasteiger partial charge in [0.05, 0.1) is 7.11 Å². The van der Waals surface area contributed by atoms with Crippen LogP contribution in [0, 0.1) is 5.41 Å². The van der Waals surface area contributed by atoms with E-state index in [9.17, 15) is 14.4 Å². The molecule has 0 atom stereocenters. The lowest BCUT2D eigenvalue weighted by molar-refractivity contribution is -0.168. The van der Waals surface area contributed by atoms with E-state index in [-0.39, 0.29) is 17.2 Å². The number of likely N-dealkylation sites (tertiary alicyclic amines) is 2. The predicted molar refractivity (Wildman–Crippen MR) is 117 cm³/mol. The molecule has 0 aliphatic carbocycles. The number of amides is 2. The molecule has 2 saturated heterocycles. The molecular weight excluding hydrogens is 412 g/mol. The lowest BCUT2D eigenvalue weighted by Gasteiger charge is -2.39. The average molecular weight is 443 g/mol. The lowest BCUT2D eigenvalue weighted by Crippen LogP contribution is -2.49. The molecule has 32 heavy (non-hydrogen) atoms. The Hall–Kier alpha value is -3.03. The van der Waals surface area contributed by atoms with E-state index in [0.717, 1.165) is 24.6 Å². The van der Waals surface area contributed by atoms with E-state index in [1.165, 1.54) is 6.92 Å². The maximum absolute atomic E-state index is 13.1. The first-order valence-corrected chi connectivity index (χ1v) is 11.0. The smallest absolute Gasteiger partial charge is 0.303 e. The van der Waals surface area contributed by atoms with Crippen molar-refractivity contribution in [2.24, 2.45) is 5.41 Å². The first-order chi connectivity index (χ1) is 15.1. The van der Waals surface area contributed by atoms with Gasteiger partial charge in [0, 0.05) is 38.5 Å². The Morgan fingerprint density at radius 2 is 1.72 bits per heavy atom. The summed E-state index contributed by atoms with van der Waals surface area (Å²) in [5, 5.41) is 0.835. The summed E-state index contributed by atoms with van der Waals surface area (Å²) in [5.74, 6) is 0.157. The second-order valence-electron chi connectivity index (χ2n) is 9.36. The van der Waals surface area contributed by atoms with Gasteiger partial charge < -0.3 is 23.7 Å².